The molecule has 1 aromatic rings. The van der Waals surface area contributed by atoms with Crippen LogP contribution in [0, 0.1) is 5.92 Å². The lowest BCUT2D eigenvalue weighted by molar-refractivity contribution is -0.141. The normalized spacial score (nSPS) is 26.1. The molecule has 0 aromatic carbocycles. The van der Waals surface area contributed by atoms with Crippen LogP contribution in [0.25, 0.3) is 0 Å². The summed E-state index contributed by atoms with van der Waals surface area (Å²) in [6, 6.07) is 2.13. The molecular formula is C15H21N3O3. The number of aliphatic carboxylic acids is 1. The Morgan fingerprint density at radius 1 is 1.24 bits per heavy atom. The van der Waals surface area contributed by atoms with Crippen LogP contribution in [0.1, 0.15) is 61.5 Å². The third-order valence-electron chi connectivity index (χ3n) is 4.66. The largest absolute Gasteiger partial charge is 0.481 e. The minimum Gasteiger partial charge on any atom is -0.481 e. The number of carboxylic acids is 1. The molecule has 6 nitrogen and oxygen atoms in total. The Hall–Kier alpha value is -1.85. The van der Waals surface area contributed by atoms with Crippen LogP contribution >= 0.6 is 0 Å². The van der Waals surface area contributed by atoms with Crippen molar-refractivity contribution in [3.05, 3.63) is 18.0 Å². The molecule has 114 valence electrons. The third kappa shape index (κ3) is 3.09. The average Bonchev–Trinajstić information content (AvgIpc) is 3.19. The van der Waals surface area contributed by atoms with E-state index < -0.39 is 5.97 Å². The molecular weight excluding hydrogens is 270 g/mol. The van der Waals surface area contributed by atoms with Crippen molar-refractivity contribution in [3.63, 3.8) is 0 Å². The van der Waals surface area contributed by atoms with Crippen molar-refractivity contribution in [1.29, 1.82) is 0 Å². The predicted octanol–water partition coefficient (Wildman–Crippen LogP) is 1.98. The van der Waals surface area contributed by atoms with E-state index in [1.165, 1.54) is 12.8 Å². The Labute approximate surface area is 123 Å². The molecule has 1 heterocycles. The van der Waals surface area contributed by atoms with Crippen LogP contribution in [-0.2, 0) is 4.79 Å². The second-order valence-corrected chi connectivity index (χ2v) is 6.14. The summed E-state index contributed by atoms with van der Waals surface area (Å²) in [6.07, 6.45) is 8.47. The zero-order chi connectivity index (χ0) is 14.8. The summed E-state index contributed by atoms with van der Waals surface area (Å²) in [6.45, 7) is 0. The Balaban J connectivity index is 1.57. The zero-order valence-electron chi connectivity index (χ0n) is 12.0. The van der Waals surface area contributed by atoms with Crippen LogP contribution < -0.4 is 5.32 Å². The van der Waals surface area contributed by atoms with Gasteiger partial charge >= 0.3 is 5.97 Å². The number of amides is 1. The number of nitrogens with one attached hydrogen (secondary N) is 1. The highest BCUT2D eigenvalue weighted by Gasteiger charge is 2.31. The van der Waals surface area contributed by atoms with Crippen molar-refractivity contribution in [2.75, 3.05) is 0 Å². The molecule has 21 heavy (non-hydrogen) atoms. The maximum atomic E-state index is 12.2. The molecule has 2 saturated carbocycles. The lowest BCUT2D eigenvalue weighted by atomic mass is 10.1. The summed E-state index contributed by atoms with van der Waals surface area (Å²) in [5.41, 5.74) is 0.431. The molecule has 0 saturated heterocycles. The second kappa shape index (κ2) is 5.87. The Morgan fingerprint density at radius 3 is 2.67 bits per heavy atom. The topological polar surface area (TPSA) is 84.2 Å². The van der Waals surface area contributed by atoms with Gasteiger partial charge in [0.15, 0.2) is 0 Å². The van der Waals surface area contributed by atoms with Gasteiger partial charge in [0.2, 0.25) is 0 Å². The first-order valence-corrected chi connectivity index (χ1v) is 7.72. The molecule has 0 unspecified atom stereocenters. The van der Waals surface area contributed by atoms with Crippen LogP contribution in [0.3, 0.4) is 0 Å². The minimum atomic E-state index is -0.766. The second-order valence-electron chi connectivity index (χ2n) is 6.14. The zero-order valence-corrected chi connectivity index (χ0v) is 12.0. The SMILES string of the molecule is O=C(N[C@@H]1CC[C@@H](C(=O)O)C1)c1ccn(C2CCCC2)n1. The highest BCUT2D eigenvalue weighted by Crippen LogP contribution is 2.29. The lowest BCUT2D eigenvalue weighted by Gasteiger charge is -2.11. The first-order chi connectivity index (χ1) is 10.1. The van der Waals surface area contributed by atoms with Crippen LogP contribution in [-0.4, -0.2) is 32.8 Å². The van der Waals surface area contributed by atoms with Crippen molar-refractivity contribution in [3.8, 4) is 0 Å². The van der Waals surface area contributed by atoms with Crippen molar-refractivity contribution in [2.45, 2.75) is 57.0 Å². The van der Waals surface area contributed by atoms with Gasteiger partial charge in [-0.2, -0.15) is 5.10 Å². The molecule has 0 aliphatic heterocycles. The van der Waals surface area contributed by atoms with Gasteiger partial charge < -0.3 is 10.4 Å². The van der Waals surface area contributed by atoms with E-state index in [-0.39, 0.29) is 17.9 Å². The Bertz CT molecular complexity index is 534. The number of nitrogens with zero attached hydrogens (tertiary/aromatic N) is 2. The van der Waals surface area contributed by atoms with Crippen LogP contribution in [0.2, 0.25) is 0 Å². The van der Waals surface area contributed by atoms with E-state index in [2.05, 4.69) is 10.4 Å². The Morgan fingerprint density at radius 2 is 2.00 bits per heavy atom. The maximum Gasteiger partial charge on any atom is 0.306 e. The van der Waals surface area contributed by atoms with Crippen LogP contribution in [0.5, 0.6) is 0 Å². The van der Waals surface area contributed by atoms with Crippen LogP contribution in [0.4, 0.5) is 0 Å². The molecule has 6 heteroatoms. The molecule has 2 fully saturated rings. The molecule has 2 N–H and O–H groups in total. The van der Waals surface area contributed by atoms with Gasteiger partial charge in [0, 0.05) is 12.2 Å². The van der Waals surface area contributed by atoms with Gasteiger partial charge in [0.05, 0.1) is 12.0 Å². The number of hydrogen-bond acceptors (Lipinski definition) is 3. The summed E-state index contributed by atoms with van der Waals surface area (Å²) in [5.74, 6) is -1.29. The van der Waals surface area contributed by atoms with E-state index in [1.54, 1.807) is 6.07 Å². The monoisotopic (exact) mass is 291 g/mol. The highest BCUT2D eigenvalue weighted by atomic mass is 16.4. The molecule has 3 rings (SSSR count). The van der Waals surface area contributed by atoms with Crippen molar-refractivity contribution in [2.24, 2.45) is 5.92 Å². The summed E-state index contributed by atoms with van der Waals surface area (Å²) in [5, 5.41) is 16.3. The van der Waals surface area contributed by atoms with Crippen molar-refractivity contribution < 1.29 is 14.7 Å². The average molecular weight is 291 g/mol. The van der Waals surface area contributed by atoms with E-state index in [9.17, 15) is 9.59 Å². The van der Waals surface area contributed by atoms with E-state index >= 15 is 0 Å². The maximum absolute atomic E-state index is 12.2. The quantitative estimate of drug-likeness (QED) is 0.888. The molecule has 0 spiro atoms. The molecule has 0 radical (unpaired) electrons. The van der Waals surface area contributed by atoms with Gasteiger partial charge in [-0.1, -0.05) is 12.8 Å². The fraction of sp³-hybridized carbons (Fsp3) is 0.667. The fourth-order valence-corrected chi connectivity index (χ4v) is 3.43. The van der Waals surface area contributed by atoms with E-state index in [4.69, 9.17) is 5.11 Å². The molecule has 1 aromatic heterocycles. The molecule has 0 bridgehead atoms. The summed E-state index contributed by atoms with van der Waals surface area (Å²) in [7, 11) is 0. The fourth-order valence-electron chi connectivity index (χ4n) is 3.43. The van der Waals surface area contributed by atoms with E-state index in [0.717, 1.165) is 19.3 Å². The number of carbonyl (C=O) groups is 2. The number of aromatic nitrogens is 2. The third-order valence-corrected chi connectivity index (χ3v) is 4.66. The predicted molar refractivity (Wildman–Crippen MR) is 76.0 cm³/mol. The summed E-state index contributed by atoms with van der Waals surface area (Å²) >= 11 is 0. The first kappa shape index (κ1) is 14.1. The summed E-state index contributed by atoms with van der Waals surface area (Å²) < 4.78 is 1.90. The van der Waals surface area contributed by atoms with Gasteiger partial charge in [-0.05, 0) is 38.2 Å². The summed E-state index contributed by atoms with van der Waals surface area (Å²) in [4.78, 5) is 23.1. The van der Waals surface area contributed by atoms with E-state index in [0.29, 0.717) is 24.6 Å². The Kier molecular flexibility index (Phi) is 3.94. The molecule has 2 aliphatic carbocycles. The standard InChI is InChI=1S/C15H21N3O3/c19-14(16-11-6-5-10(9-11)15(20)21)13-7-8-18(17-13)12-3-1-2-4-12/h7-8,10-12H,1-6,9H2,(H,16,19)(H,20,21)/t10-,11-/m1/s1. The number of rotatable bonds is 4. The van der Waals surface area contributed by atoms with Gasteiger partial charge in [-0.3, -0.25) is 14.3 Å². The first-order valence-electron chi connectivity index (χ1n) is 7.72. The van der Waals surface area contributed by atoms with Crippen molar-refractivity contribution >= 4 is 11.9 Å². The van der Waals surface area contributed by atoms with Gasteiger partial charge in [-0.25, -0.2) is 0 Å². The number of carboxylic acid groups (broad SMARTS) is 1. The van der Waals surface area contributed by atoms with Crippen LogP contribution in [0.15, 0.2) is 12.3 Å². The molecule has 2 atom stereocenters. The van der Waals surface area contributed by atoms with Crippen molar-refractivity contribution in [1.82, 2.24) is 15.1 Å². The minimum absolute atomic E-state index is 0.0461. The van der Waals surface area contributed by atoms with Gasteiger partial charge in [-0.15, -0.1) is 0 Å². The highest BCUT2D eigenvalue weighted by molar-refractivity contribution is 5.92. The lowest BCUT2D eigenvalue weighted by Crippen LogP contribution is -2.33. The van der Waals surface area contributed by atoms with E-state index in [1.807, 2.05) is 10.9 Å². The molecule has 1 amide bonds. The number of carbonyl (C=O) groups excluding carboxylic acids is 1. The number of hydrogen-bond donors (Lipinski definition) is 2. The van der Waals surface area contributed by atoms with Gasteiger partial charge in [0.25, 0.3) is 5.91 Å². The molecule has 2 aliphatic rings. The van der Waals surface area contributed by atoms with Gasteiger partial charge in [0.1, 0.15) is 5.69 Å². The smallest absolute Gasteiger partial charge is 0.306 e.